The highest BCUT2D eigenvalue weighted by atomic mass is 32.2. The summed E-state index contributed by atoms with van der Waals surface area (Å²) < 4.78 is 3.67. The fourth-order valence-electron chi connectivity index (χ4n) is 5.15. The Morgan fingerprint density at radius 2 is 2.16 bits per heavy atom. The predicted molar refractivity (Wildman–Crippen MR) is 122 cm³/mol. The molecule has 2 aliphatic rings. The molecule has 2 bridgehead atoms. The Labute approximate surface area is 187 Å². The molecule has 0 saturated carbocycles. The molecule has 1 amide bonds. The standard InChI is InChI=1S/C23H29N5O2S/c1-15-16(10-19(11-24)26(15)2)12-27-13-17-9-18(14-27)22(23(30)25-7-8-31-3)28-20(17)5-4-6-21(28)29/h4-6,10,17-18,22H,7-9,12-14H2,1-3H3,(H,25,30)/t17-,18+,22+/m0/s1. The minimum absolute atomic E-state index is 0.0587. The Kier molecular flexibility index (Phi) is 6.26. The van der Waals surface area contributed by atoms with E-state index >= 15 is 0 Å². The molecular weight excluding hydrogens is 410 g/mol. The van der Waals surface area contributed by atoms with Crippen molar-refractivity contribution in [1.29, 1.82) is 5.26 Å². The van der Waals surface area contributed by atoms with E-state index in [-0.39, 0.29) is 23.3 Å². The molecule has 8 heteroatoms. The number of carbonyl (C=O) groups is 1. The lowest BCUT2D eigenvalue weighted by atomic mass is 9.78. The fraction of sp³-hybridized carbons (Fsp3) is 0.522. The van der Waals surface area contributed by atoms with Gasteiger partial charge in [0.2, 0.25) is 5.91 Å². The lowest BCUT2D eigenvalue weighted by Gasteiger charge is -2.46. The third kappa shape index (κ3) is 4.04. The van der Waals surface area contributed by atoms with Gasteiger partial charge >= 0.3 is 0 Å². The number of pyridine rings is 1. The molecule has 2 aromatic heterocycles. The van der Waals surface area contributed by atoms with E-state index in [1.807, 2.05) is 36.9 Å². The van der Waals surface area contributed by atoms with Crippen molar-refractivity contribution < 1.29 is 4.79 Å². The number of rotatable bonds is 6. The number of nitrogens with zero attached hydrogens (tertiary/aromatic N) is 4. The number of nitrogens with one attached hydrogen (secondary N) is 1. The average Bonchev–Trinajstić information content (AvgIpc) is 3.02. The molecule has 1 N–H and O–H groups in total. The predicted octanol–water partition coefficient (Wildman–Crippen LogP) is 2.01. The second-order valence-corrected chi connectivity index (χ2v) is 9.57. The van der Waals surface area contributed by atoms with Crippen LogP contribution >= 0.6 is 11.8 Å². The SMILES string of the molecule is CSCCNC(=O)[C@H]1[C@@H]2C[C@@H](CN(Cc3cc(C#N)n(C)c3C)C2)c2cccc(=O)n21. The molecule has 2 aromatic rings. The molecule has 164 valence electrons. The van der Waals surface area contributed by atoms with Crippen LogP contribution in [0.2, 0.25) is 0 Å². The maximum absolute atomic E-state index is 13.2. The van der Waals surface area contributed by atoms with E-state index in [2.05, 4.69) is 16.3 Å². The number of fused-ring (bicyclic) bond motifs is 4. The third-order valence-electron chi connectivity index (χ3n) is 6.75. The number of nitriles is 1. The topological polar surface area (TPSA) is 83.1 Å². The summed E-state index contributed by atoms with van der Waals surface area (Å²) in [6.07, 6.45) is 2.93. The highest BCUT2D eigenvalue weighted by Gasteiger charge is 2.43. The van der Waals surface area contributed by atoms with E-state index < -0.39 is 6.04 Å². The van der Waals surface area contributed by atoms with Crippen molar-refractivity contribution in [2.75, 3.05) is 31.6 Å². The highest BCUT2D eigenvalue weighted by molar-refractivity contribution is 7.98. The van der Waals surface area contributed by atoms with Gasteiger partial charge in [-0.1, -0.05) is 6.07 Å². The van der Waals surface area contributed by atoms with Crippen molar-refractivity contribution in [2.24, 2.45) is 13.0 Å². The van der Waals surface area contributed by atoms with Crippen LogP contribution in [0.1, 0.15) is 41.0 Å². The zero-order valence-electron chi connectivity index (χ0n) is 18.3. The highest BCUT2D eigenvalue weighted by Crippen LogP contribution is 2.41. The largest absolute Gasteiger partial charge is 0.353 e. The summed E-state index contributed by atoms with van der Waals surface area (Å²) in [6, 6.07) is 9.09. The molecule has 31 heavy (non-hydrogen) atoms. The number of hydrogen-bond donors (Lipinski definition) is 1. The van der Waals surface area contributed by atoms with Gasteiger partial charge in [-0.25, -0.2) is 0 Å². The number of piperidine rings is 1. The van der Waals surface area contributed by atoms with Gasteiger partial charge in [-0.05, 0) is 37.3 Å². The van der Waals surface area contributed by atoms with Crippen LogP contribution in [0.5, 0.6) is 0 Å². The van der Waals surface area contributed by atoms with E-state index in [0.29, 0.717) is 12.2 Å². The van der Waals surface area contributed by atoms with Crippen molar-refractivity contribution in [1.82, 2.24) is 19.4 Å². The van der Waals surface area contributed by atoms with Gasteiger partial charge in [0.05, 0.1) is 0 Å². The molecule has 1 fully saturated rings. The molecule has 4 heterocycles. The molecule has 0 radical (unpaired) electrons. The van der Waals surface area contributed by atoms with Crippen molar-refractivity contribution in [3.8, 4) is 6.07 Å². The molecule has 0 aromatic carbocycles. The van der Waals surface area contributed by atoms with E-state index in [1.165, 1.54) is 0 Å². The Morgan fingerprint density at radius 1 is 1.35 bits per heavy atom. The summed E-state index contributed by atoms with van der Waals surface area (Å²) >= 11 is 1.69. The van der Waals surface area contributed by atoms with Gasteiger partial charge in [-0.15, -0.1) is 0 Å². The molecule has 4 rings (SSSR count). The van der Waals surface area contributed by atoms with Crippen LogP contribution < -0.4 is 10.9 Å². The second-order valence-electron chi connectivity index (χ2n) is 8.59. The van der Waals surface area contributed by atoms with Crippen molar-refractivity contribution >= 4 is 17.7 Å². The van der Waals surface area contributed by atoms with Crippen LogP contribution in [-0.4, -0.2) is 51.6 Å². The average molecular weight is 440 g/mol. The molecule has 0 spiro atoms. The number of carbonyl (C=O) groups excluding carboxylic acids is 1. The van der Waals surface area contributed by atoms with Crippen molar-refractivity contribution in [3.05, 3.63) is 57.3 Å². The van der Waals surface area contributed by atoms with Gasteiger partial charge < -0.3 is 9.88 Å². The maximum atomic E-state index is 13.2. The quantitative estimate of drug-likeness (QED) is 0.696. The van der Waals surface area contributed by atoms with Gasteiger partial charge in [0.15, 0.2) is 0 Å². The smallest absolute Gasteiger partial charge is 0.251 e. The number of hydrogen-bond acceptors (Lipinski definition) is 5. The van der Waals surface area contributed by atoms with Gasteiger partial charge in [0.25, 0.3) is 5.56 Å². The molecular formula is C23H29N5O2S. The summed E-state index contributed by atoms with van der Waals surface area (Å²) in [4.78, 5) is 28.3. The summed E-state index contributed by atoms with van der Waals surface area (Å²) in [6.45, 7) is 4.99. The minimum atomic E-state index is -0.476. The number of aromatic nitrogens is 2. The van der Waals surface area contributed by atoms with Crippen molar-refractivity contribution in [2.45, 2.75) is 31.8 Å². The first-order valence-electron chi connectivity index (χ1n) is 10.7. The molecule has 3 atom stereocenters. The molecule has 2 aliphatic heterocycles. The first-order valence-corrected chi connectivity index (χ1v) is 12.1. The van der Waals surface area contributed by atoms with E-state index in [1.54, 1.807) is 28.5 Å². The van der Waals surface area contributed by atoms with Crippen molar-refractivity contribution in [3.63, 3.8) is 0 Å². The lowest BCUT2D eigenvalue weighted by molar-refractivity contribution is -0.127. The third-order valence-corrected chi connectivity index (χ3v) is 7.36. The number of thioether (sulfide) groups is 1. The zero-order chi connectivity index (χ0) is 22.1. The van der Waals surface area contributed by atoms with Crippen LogP contribution in [0.4, 0.5) is 0 Å². The van der Waals surface area contributed by atoms with E-state index in [0.717, 1.165) is 48.8 Å². The Balaban J connectivity index is 1.63. The Bertz CT molecular complexity index is 1080. The summed E-state index contributed by atoms with van der Waals surface area (Å²) in [7, 11) is 1.92. The van der Waals surface area contributed by atoms with Gasteiger partial charge in [0.1, 0.15) is 17.8 Å². The summed E-state index contributed by atoms with van der Waals surface area (Å²) in [5.74, 6) is 1.10. The Hall–Kier alpha value is -2.50. The summed E-state index contributed by atoms with van der Waals surface area (Å²) in [5.41, 5.74) is 3.76. The van der Waals surface area contributed by atoms with Gasteiger partial charge in [-0.2, -0.15) is 17.0 Å². The van der Waals surface area contributed by atoms with Crippen LogP contribution in [0.25, 0.3) is 0 Å². The fourth-order valence-corrected chi connectivity index (χ4v) is 5.45. The molecule has 0 unspecified atom stereocenters. The number of amides is 1. The molecule has 0 aliphatic carbocycles. The number of likely N-dealkylation sites (tertiary alicyclic amines) is 1. The first kappa shape index (κ1) is 21.7. The molecule has 7 nitrogen and oxygen atoms in total. The van der Waals surface area contributed by atoms with Crippen LogP contribution in [0.15, 0.2) is 29.1 Å². The Morgan fingerprint density at radius 3 is 2.87 bits per heavy atom. The zero-order valence-corrected chi connectivity index (χ0v) is 19.1. The van der Waals surface area contributed by atoms with Gasteiger partial charge in [-0.3, -0.25) is 19.1 Å². The normalized spacial score (nSPS) is 22.6. The minimum Gasteiger partial charge on any atom is -0.353 e. The summed E-state index contributed by atoms with van der Waals surface area (Å²) in [5, 5.41) is 12.4. The first-order chi connectivity index (χ1) is 14.9. The van der Waals surface area contributed by atoms with Gasteiger partial charge in [0, 0.05) is 68.3 Å². The molecule has 1 saturated heterocycles. The maximum Gasteiger partial charge on any atom is 0.251 e. The second kappa shape index (κ2) is 8.93. The monoisotopic (exact) mass is 439 g/mol. The van der Waals surface area contributed by atoms with Crippen LogP contribution in [-0.2, 0) is 18.4 Å². The van der Waals surface area contributed by atoms with E-state index in [9.17, 15) is 14.9 Å². The lowest BCUT2D eigenvalue weighted by Crippen LogP contribution is -2.53. The van der Waals surface area contributed by atoms with Crippen LogP contribution in [0, 0.1) is 24.2 Å². The van der Waals surface area contributed by atoms with E-state index in [4.69, 9.17) is 0 Å². The van der Waals surface area contributed by atoms with Crippen LogP contribution in [0.3, 0.4) is 0 Å².